The SMILES string of the molecule is CCOC(=P)CN(C)C(=O)c1ccc[nH]c1=S. The van der Waals surface area contributed by atoms with E-state index in [9.17, 15) is 4.79 Å². The third-order valence-corrected chi connectivity index (χ3v) is 2.73. The number of carbonyl (C=O) groups excluding carboxylic acids is 1. The van der Waals surface area contributed by atoms with Crippen molar-refractivity contribution >= 4 is 32.5 Å². The van der Waals surface area contributed by atoms with Gasteiger partial charge in [0.2, 0.25) is 0 Å². The minimum absolute atomic E-state index is 0.137. The van der Waals surface area contributed by atoms with Crippen molar-refractivity contribution < 1.29 is 9.53 Å². The summed E-state index contributed by atoms with van der Waals surface area (Å²) in [5, 5.41) is 0. The molecule has 0 saturated carbocycles. The van der Waals surface area contributed by atoms with Gasteiger partial charge < -0.3 is 14.6 Å². The van der Waals surface area contributed by atoms with Gasteiger partial charge in [-0.15, -0.1) is 0 Å². The van der Waals surface area contributed by atoms with Gasteiger partial charge in [0, 0.05) is 13.2 Å². The average molecular weight is 270 g/mol. The molecule has 0 atom stereocenters. The lowest BCUT2D eigenvalue weighted by molar-refractivity contribution is 0.0807. The Kier molecular flexibility index (Phi) is 5.48. The maximum absolute atomic E-state index is 12.1. The van der Waals surface area contributed by atoms with Crippen molar-refractivity contribution in [2.24, 2.45) is 0 Å². The van der Waals surface area contributed by atoms with Crippen LogP contribution >= 0.6 is 21.1 Å². The molecule has 0 aliphatic heterocycles. The highest BCUT2D eigenvalue weighted by molar-refractivity contribution is 7.71. The molecule has 17 heavy (non-hydrogen) atoms. The van der Waals surface area contributed by atoms with E-state index in [1.54, 1.807) is 25.4 Å². The third-order valence-electron chi connectivity index (χ3n) is 2.09. The minimum Gasteiger partial charge on any atom is -0.352 e. The highest BCUT2D eigenvalue weighted by Gasteiger charge is 2.14. The molecule has 0 fully saturated rings. The lowest BCUT2D eigenvalue weighted by Gasteiger charge is -2.17. The van der Waals surface area contributed by atoms with Gasteiger partial charge in [-0.1, -0.05) is 21.1 Å². The summed E-state index contributed by atoms with van der Waals surface area (Å²) in [6, 6.07) is 3.45. The molecule has 1 heterocycles. The molecule has 1 amide bonds. The molecule has 0 aliphatic carbocycles. The number of aromatic amines is 1. The fourth-order valence-electron chi connectivity index (χ4n) is 1.30. The van der Waals surface area contributed by atoms with Crippen molar-refractivity contribution in [1.29, 1.82) is 0 Å². The molecule has 0 aliphatic rings. The number of hydrogen-bond donors (Lipinski definition) is 1. The van der Waals surface area contributed by atoms with Gasteiger partial charge >= 0.3 is 0 Å². The Balaban J connectivity index is 2.74. The molecule has 0 unspecified atom stereocenters. The predicted octanol–water partition coefficient (Wildman–Crippen LogP) is 2.13. The fraction of sp³-hybridized carbons (Fsp3) is 0.364. The number of likely N-dealkylation sites (N-methyl/N-ethyl adjacent to an activating group) is 1. The molecule has 0 aromatic carbocycles. The molecule has 0 saturated heterocycles. The van der Waals surface area contributed by atoms with Gasteiger partial charge in [0.25, 0.3) is 5.91 Å². The van der Waals surface area contributed by atoms with Crippen molar-refractivity contribution in [2.75, 3.05) is 20.2 Å². The molecule has 1 aromatic heterocycles. The Morgan fingerprint density at radius 3 is 2.94 bits per heavy atom. The van der Waals surface area contributed by atoms with Crippen molar-refractivity contribution in [2.45, 2.75) is 6.92 Å². The van der Waals surface area contributed by atoms with E-state index in [4.69, 9.17) is 17.0 Å². The van der Waals surface area contributed by atoms with Crippen LogP contribution in [0.4, 0.5) is 0 Å². The van der Waals surface area contributed by atoms with E-state index in [0.29, 0.717) is 28.8 Å². The van der Waals surface area contributed by atoms with E-state index in [1.165, 1.54) is 4.90 Å². The predicted molar refractivity (Wildman–Crippen MR) is 73.5 cm³/mol. The topological polar surface area (TPSA) is 45.3 Å². The van der Waals surface area contributed by atoms with Crippen LogP contribution in [0.5, 0.6) is 0 Å². The Morgan fingerprint density at radius 1 is 1.65 bits per heavy atom. The van der Waals surface area contributed by atoms with Crippen LogP contribution in [0.3, 0.4) is 0 Å². The van der Waals surface area contributed by atoms with Crippen LogP contribution in [0.15, 0.2) is 18.3 Å². The number of ether oxygens (including phenoxy) is 1. The smallest absolute Gasteiger partial charge is 0.256 e. The van der Waals surface area contributed by atoms with Gasteiger partial charge in [-0.05, 0) is 19.1 Å². The number of nitrogens with zero attached hydrogens (tertiary/aromatic N) is 1. The average Bonchev–Trinajstić information content (AvgIpc) is 2.29. The summed E-state index contributed by atoms with van der Waals surface area (Å²) >= 11 is 5.06. The third kappa shape index (κ3) is 4.04. The first-order valence-corrected chi connectivity index (χ1v) is 6.10. The standard InChI is InChI=1S/C11H15N2O2PS/c1-3-15-9(16)7-13(2)11(14)8-5-4-6-12-10(8)17/h4-6,16H,3,7H2,1-2H3,(H,12,17). The normalized spacial score (nSPS) is 10.0. The molecule has 0 spiro atoms. The molecular formula is C11H15N2O2PS. The Labute approximate surface area is 108 Å². The summed E-state index contributed by atoms with van der Waals surface area (Å²) in [4.78, 5) is 16.4. The van der Waals surface area contributed by atoms with Crippen LogP contribution in [0.2, 0.25) is 0 Å². The molecule has 0 bridgehead atoms. The first-order chi connectivity index (χ1) is 8.06. The first-order valence-electron chi connectivity index (χ1n) is 5.19. The van der Waals surface area contributed by atoms with Crippen LogP contribution < -0.4 is 0 Å². The van der Waals surface area contributed by atoms with Gasteiger partial charge in [0.05, 0.1) is 24.2 Å². The molecular weight excluding hydrogens is 255 g/mol. The first kappa shape index (κ1) is 14.0. The Hall–Kier alpha value is -1.03. The molecule has 4 nitrogen and oxygen atoms in total. The fourth-order valence-corrected chi connectivity index (χ4v) is 1.91. The highest BCUT2D eigenvalue weighted by atomic mass is 32.1. The Bertz CT molecular complexity index is 473. The van der Waals surface area contributed by atoms with E-state index >= 15 is 0 Å². The minimum atomic E-state index is -0.137. The lowest BCUT2D eigenvalue weighted by atomic mass is 10.2. The second kappa shape index (κ2) is 6.64. The highest BCUT2D eigenvalue weighted by Crippen LogP contribution is 2.04. The number of carbonyl (C=O) groups is 1. The number of pyridine rings is 1. The van der Waals surface area contributed by atoms with E-state index in [2.05, 4.69) is 13.8 Å². The molecule has 1 N–H and O–H groups in total. The van der Waals surface area contributed by atoms with E-state index in [-0.39, 0.29) is 5.91 Å². The summed E-state index contributed by atoms with van der Waals surface area (Å²) in [6.45, 7) is 2.83. The number of H-pyrrole nitrogens is 1. The number of nitrogens with one attached hydrogen (secondary N) is 1. The summed E-state index contributed by atoms with van der Waals surface area (Å²) in [6.07, 6.45) is 1.70. The van der Waals surface area contributed by atoms with Gasteiger partial charge in [0.15, 0.2) is 0 Å². The van der Waals surface area contributed by atoms with Gasteiger partial charge in [-0.3, -0.25) is 4.79 Å². The van der Waals surface area contributed by atoms with Crippen molar-refractivity contribution in [3.05, 3.63) is 28.5 Å². The number of rotatable bonds is 5. The maximum atomic E-state index is 12.1. The summed E-state index contributed by atoms with van der Waals surface area (Å²) in [5.74, 6) is -0.137. The number of aromatic nitrogens is 1. The summed E-state index contributed by atoms with van der Waals surface area (Å²) < 4.78 is 5.67. The molecule has 92 valence electrons. The van der Waals surface area contributed by atoms with E-state index in [0.717, 1.165) is 0 Å². The van der Waals surface area contributed by atoms with Crippen molar-refractivity contribution in [3.8, 4) is 0 Å². The monoisotopic (exact) mass is 270 g/mol. The zero-order valence-electron chi connectivity index (χ0n) is 9.82. The second-order valence-corrected chi connectivity index (χ2v) is 4.40. The van der Waals surface area contributed by atoms with Crippen LogP contribution in [0.25, 0.3) is 0 Å². The molecule has 6 heteroatoms. The molecule has 0 radical (unpaired) electrons. The number of hydrogen-bond acceptors (Lipinski definition) is 3. The quantitative estimate of drug-likeness (QED) is 0.658. The molecule has 1 rings (SSSR count). The van der Waals surface area contributed by atoms with Gasteiger partial charge in [0.1, 0.15) is 4.64 Å². The van der Waals surface area contributed by atoms with Crippen LogP contribution in [0.1, 0.15) is 17.3 Å². The van der Waals surface area contributed by atoms with Crippen molar-refractivity contribution in [1.82, 2.24) is 9.88 Å². The van der Waals surface area contributed by atoms with E-state index < -0.39 is 0 Å². The van der Waals surface area contributed by atoms with Crippen LogP contribution in [-0.4, -0.2) is 41.5 Å². The maximum Gasteiger partial charge on any atom is 0.256 e. The van der Waals surface area contributed by atoms with Gasteiger partial charge in [-0.25, -0.2) is 0 Å². The Morgan fingerprint density at radius 2 is 2.35 bits per heavy atom. The van der Waals surface area contributed by atoms with Crippen molar-refractivity contribution in [3.63, 3.8) is 0 Å². The summed E-state index contributed by atoms with van der Waals surface area (Å²) in [5.41, 5.74) is 1.11. The van der Waals surface area contributed by atoms with E-state index in [1.807, 2.05) is 6.92 Å². The zero-order valence-corrected chi connectivity index (χ0v) is 11.6. The lowest BCUT2D eigenvalue weighted by Crippen LogP contribution is -2.32. The second-order valence-electron chi connectivity index (χ2n) is 3.43. The summed E-state index contributed by atoms with van der Waals surface area (Å²) in [7, 11) is 5.01. The van der Waals surface area contributed by atoms with Crippen LogP contribution in [-0.2, 0) is 4.74 Å². The molecule has 1 aromatic rings. The van der Waals surface area contributed by atoms with Gasteiger partial charge in [-0.2, -0.15) is 0 Å². The van der Waals surface area contributed by atoms with Crippen LogP contribution in [0, 0.1) is 4.64 Å². The number of amides is 1. The largest absolute Gasteiger partial charge is 0.352 e. The zero-order chi connectivity index (χ0) is 12.8.